The van der Waals surface area contributed by atoms with Gasteiger partial charge in [-0.2, -0.15) is 0 Å². The number of nitrogens with zero attached hydrogens (tertiary/aromatic N) is 1. The fourth-order valence-electron chi connectivity index (χ4n) is 3.80. The van der Waals surface area contributed by atoms with Gasteiger partial charge >= 0.3 is 0 Å². The second kappa shape index (κ2) is 9.90. The van der Waals surface area contributed by atoms with E-state index in [2.05, 4.69) is 35.6 Å². The van der Waals surface area contributed by atoms with Crippen molar-refractivity contribution in [1.29, 1.82) is 0 Å². The van der Waals surface area contributed by atoms with E-state index in [-0.39, 0.29) is 11.8 Å². The van der Waals surface area contributed by atoms with E-state index >= 15 is 0 Å². The van der Waals surface area contributed by atoms with Crippen molar-refractivity contribution >= 4 is 17.9 Å². The minimum absolute atomic E-state index is 0.134. The molecule has 4 heteroatoms. The number of amides is 2. The summed E-state index contributed by atoms with van der Waals surface area (Å²) in [4.78, 5) is 26.0. The zero-order chi connectivity index (χ0) is 21.5. The van der Waals surface area contributed by atoms with Crippen LogP contribution in [0.15, 0.2) is 84.9 Å². The Morgan fingerprint density at radius 1 is 0.903 bits per heavy atom. The topological polar surface area (TPSA) is 49.4 Å². The second-order valence-corrected chi connectivity index (χ2v) is 7.78. The van der Waals surface area contributed by atoms with Gasteiger partial charge < -0.3 is 10.2 Å². The molecular formula is C27H26N2O2. The molecule has 2 amide bonds. The van der Waals surface area contributed by atoms with E-state index < -0.39 is 0 Å². The maximum atomic E-state index is 12.3. The average Bonchev–Trinajstić information content (AvgIpc) is 3.21. The van der Waals surface area contributed by atoms with Crippen LogP contribution >= 0.6 is 0 Å². The largest absolute Gasteiger partial charge is 0.348 e. The number of hydrogen-bond acceptors (Lipinski definition) is 2. The summed E-state index contributed by atoms with van der Waals surface area (Å²) in [7, 11) is 0. The van der Waals surface area contributed by atoms with Gasteiger partial charge in [-0.1, -0.05) is 72.8 Å². The number of hydrogen-bond donors (Lipinski definition) is 1. The zero-order valence-corrected chi connectivity index (χ0v) is 17.5. The first-order valence-corrected chi connectivity index (χ1v) is 10.6. The predicted molar refractivity (Wildman–Crippen MR) is 124 cm³/mol. The van der Waals surface area contributed by atoms with Gasteiger partial charge in [-0.25, -0.2) is 0 Å². The fraction of sp³-hybridized carbons (Fsp3) is 0.185. The molecule has 3 aromatic carbocycles. The van der Waals surface area contributed by atoms with Gasteiger partial charge in [0.15, 0.2) is 0 Å². The fourth-order valence-corrected chi connectivity index (χ4v) is 3.80. The summed E-state index contributed by atoms with van der Waals surface area (Å²) >= 11 is 0. The lowest BCUT2D eigenvalue weighted by Crippen LogP contribution is -2.24. The van der Waals surface area contributed by atoms with Gasteiger partial charge in [-0.05, 0) is 46.4 Å². The highest BCUT2D eigenvalue weighted by Gasteiger charge is 2.19. The molecule has 0 saturated carbocycles. The minimum atomic E-state index is -0.134. The molecule has 0 aromatic heterocycles. The van der Waals surface area contributed by atoms with Crippen molar-refractivity contribution in [3.63, 3.8) is 0 Å². The van der Waals surface area contributed by atoms with Crippen molar-refractivity contribution in [3.8, 4) is 11.1 Å². The SMILES string of the molecule is O=C(/C=C/c1cccc(-c2ccccc2)c1)NCc1cccc(CN2CCCC2=O)c1. The summed E-state index contributed by atoms with van der Waals surface area (Å²) in [6.45, 7) is 1.92. The molecule has 3 aromatic rings. The molecule has 0 bridgehead atoms. The predicted octanol–water partition coefficient (Wildman–Crippen LogP) is 4.81. The van der Waals surface area contributed by atoms with Crippen molar-refractivity contribution in [3.05, 3.63) is 102 Å². The summed E-state index contributed by atoms with van der Waals surface area (Å²) in [6, 6.07) is 26.3. The van der Waals surface area contributed by atoms with Crippen molar-refractivity contribution < 1.29 is 9.59 Å². The van der Waals surface area contributed by atoms with E-state index in [4.69, 9.17) is 0 Å². The molecule has 4 nitrogen and oxygen atoms in total. The highest BCUT2D eigenvalue weighted by molar-refractivity contribution is 5.91. The number of nitrogens with one attached hydrogen (secondary N) is 1. The molecule has 1 aliphatic heterocycles. The Labute approximate surface area is 183 Å². The standard InChI is InChI=1S/C27H26N2O2/c30-26(15-14-21-7-5-12-25(18-21)24-10-2-1-3-11-24)28-19-22-8-4-9-23(17-22)20-29-16-6-13-27(29)31/h1-5,7-12,14-15,17-18H,6,13,16,19-20H2,(H,28,30)/b15-14+. The molecule has 1 heterocycles. The molecule has 156 valence electrons. The number of carbonyl (C=O) groups is 2. The summed E-state index contributed by atoms with van der Waals surface area (Å²) < 4.78 is 0. The van der Waals surface area contributed by atoms with Crippen LogP contribution < -0.4 is 5.32 Å². The van der Waals surface area contributed by atoms with E-state index in [1.54, 1.807) is 6.08 Å². The van der Waals surface area contributed by atoms with Gasteiger partial charge in [0.05, 0.1) is 0 Å². The quantitative estimate of drug-likeness (QED) is 0.569. The van der Waals surface area contributed by atoms with Crippen LogP contribution in [0.2, 0.25) is 0 Å². The molecule has 0 aliphatic carbocycles. The number of benzene rings is 3. The van der Waals surface area contributed by atoms with Crippen LogP contribution in [0, 0.1) is 0 Å². The van der Waals surface area contributed by atoms with Crippen LogP contribution in [0.1, 0.15) is 29.5 Å². The molecule has 0 atom stereocenters. The molecular weight excluding hydrogens is 384 g/mol. The second-order valence-electron chi connectivity index (χ2n) is 7.78. The maximum Gasteiger partial charge on any atom is 0.244 e. The van der Waals surface area contributed by atoms with Crippen molar-refractivity contribution in [2.24, 2.45) is 0 Å². The molecule has 4 rings (SSSR count). The Bertz CT molecular complexity index is 1090. The lowest BCUT2D eigenvalue weighted by atomic mass is 10.0. The smallest absolute Gasteiger partial charge is 0.244 e. The third kappa shape index (κ3) is 5.70. The van der Waals surface area contributed by atoms with E-state index in [0.717, 1.165) is 40.8 Å². The normalized spacial score (nSPS) is 13.7. The van der Waals surface area contributed by atoms with E-state index in [1.807, 2.05) is 59.5 Å². The number of carbonyl (C=O) groups excluding carboxylic acids is 2. The third-order valence-electron chi connectivity index (χ3n) is 5.42. The maximum absolute atomic E-state index is 12.3. The lowest BCUT2D eigenvalue weighted by Gasteiger charge is -2.16. The lowest BCUT2D eigenvalue weighted by molar-refractivity contribution is -0.128. The number of rotatable bonds is 7. The first-order valence-electron chi connectivity index (χ1n) is 10.6. The van der Waals surface area contributed by atoms with Gasteiger partial charge in [0.1, 0.15) is 0 Å². The summed E-state index contributed by atoms with van der Waals surface area (Å²) in [5, 5.41) is 2.94. The van der Waals surface area contributed by atoms with Crippen LogP contribution in [0.4, 0.5) is 0 Å². The Hall–Kier alpha value is -3.66. The van der Waals surface area contributed by atoms with E-state index in [9.17, 15) is 9.59 Å². The Balaban J connectivity index is 1.33. The molecule has 1 fully saturated rings. The third-order valence-corrected chi connectivity index (χ3v) is 5.42. The Kier molecular flexibility index (Phi) is 6.58. The Morgan fingerprint density at radius 3 is 2.48 bits per heavy atom. The highest BCUT2D eigenvalue weighted by Crippen LogP contribution is 2.20. The molecule has 31 heavy (non-hydrogen) atoms. The minimum Gasteiger partial charge on any atom is -0.348 e. The summed E-state index contributed by atoms with van der Waals surface area (Å²) in [5.74, 6) is 0.0883. The monoisotopic (exact) mass is 410 g/mol. The van der Waals surface area contributed by atoms with Crippen LogP contribution in [0.3, 0.4) is 0 Å². The molecule has 0 radical (unpaired) electrons. The van der Waals surface area contributed by atoms with Gasteiger partial charge in [-0.15, -0.1) is 0 Å². The number of likely N-dealkylation sites (tertiary alicyclic amines) is 1. The summed E-state index contributed by atoms with van der Waals surface area (Å²) in [5.41, 5.74) is 5.37. The first kappa shape index (κ1) is 20.6. The van der Waals surface area contributed by atoms with Gasteiger partial charge in [0.25, 0.3) is 0 Å². The first-order chi connectivity index (χ1) is 15.2. The van der Waals surface area contributed by atoms with Crippen LogP contribution in [-0.2, 0) is 22.7 Å². The van der Waals surface area contributed by atoms with Gasteiger partial charge in [-0.3, -0.25) is 9.59 Å². The molecule has 0 spiro atoms. The molecule has 1 N–H and O–H groups in total. The van der Waals surface area contributed by atoms with Crippen molar-refractivity contribution in [2.45, 2.75) is 25.9 Å². The highest BCUT2D eigenvalue weighted by atomic mass is 16.2. The van der Waals surface area contributed by atoms with Crippen molar-refractivity contribution in [2.75, 3.05) is 6.54 Å². The van der Waals surface area contributed by atoms with Crippen LogP contribution in [0.25, 0.3) is 17.2 Å². The van der Waals surface area contributed by atoms with Crippen LogP contribution in [0.5, 0.6) is 0 Å². The van der Waals surface area contributed by atoms with Crippen molar-refractivity contribution in [1.82, 2.24) is 10.2 Å². The Morgan fingerprint density at radius 2 is 1.68 bits per heavy atom. The van der Waals surface area contributed by atoms with E-state index in [1.165, 1.54) is 0 Å². The average molecular weight is 411 g/mol. The van der Waals surface area contributed by atoms with E-state index in [0.29, 0.717) is 19.5 Å². The van der Waals surface area contributed by atoms with Gasteiger partial charge in [0, 0.05) is 32.1 Å². The summed E-state index contributed by atoms with van der Waals surface area (Å²) in [6.07, 6.45) is 4.99. The molecule has 1 aliphatic rings. The van der Waals surface area contributed by atoms with Crippen LogP contribution in [-0.4, -0.2) is 23.3 Å². The molecule has 0 unspecified atom stereocenters. The molecule has 1 saturated heterocycles. The zero-order valence-electron chi connectivity index (χ0n) is 17.5. The van der Waals surface area contributed by atoms with Gasteiger partial charge in [0.2, 0.25) is 11.8 Å².